The van der Waals surface area contributed by atoms with Crippen LogP contribution in [0.2, 0.25) is 0 Å². The van der Waals surface area contributed by atoms with Crippen molar-refractivity contribution in [1.29, 1.82) is 0 Å². The van der Waals surface area contributed by atoms with Crippen LogP contribution in [-0.4, -0.2) is 36.3 Å². The molecule has 3 rings (SSSR count). The zero-order valence-corrected chi connectivity index (χ0v) is 13.0. The van der Waals surface area contributed by atoms with E-state index in [0.29, 0.717) is 12.5 Å². The number of rotatable bonds is 7. The van der Waals surface area contributed by atoms with Gasteiger partial charge in [-0.15, -0.1) is 0 Å². The van der Waals surface area contributed by atoms with E-state index in [1.807, 2.05) is 19.1 Å². The molecule has 7 heteroatoms. The summed E-state index contributed by atoms with van der Waals surface area (Å²) in [5, 5.41) is 13.1. The van der Waals surface area contributed by atoms with Crippen molar-refractivity contribution in [3.63, 3.8) is 0 Å². The van der Waals surface area contributed by atoms with Crippen molar-refractivity contribution >= 4 is 5.65 Å². The van der Waals surface area contributed by atoms with Crippen molar-refractivity contribution in [2.75, 3.05) is 6.61 Å². The maximum atomic E-state index is 8.90. The fraction of sp³-hybridized carbons (Fsp3) is 0.375. The molecular weight excluding hydrogens is 294 g/mol. The van der Waals surface area contributed by atoms with Crippen LogP contribution in [0.3, 0.4) is 0 Å². The fourth-order valence-electron chi connectivity index (χ4n) is 2.22. The van der Waals surface area contributed by atoms with Gasteiger partial charge >= 0.3 is 0 Å². The number of fused-ring (bicyclic) bond motifs is 1. The van der Waals surface area contributed by atoms with Crippen molar-refractivity contribution in [2.24, 2.45) is 0 Å². The molecule has 7 nitrogen and oxygen atoms in total. The van der Waals surface area contributed by atoms with Crippen molar-refractivity contribution in [3.05, 3.63) is 47.8 Å². The average Bonchev–Trinajstić information content (AvgIpc) is 3.03. The summed E-state index contributed by atoms with van der Waals surface area (Å²) in [4.78, 5) is 13.0. The van der Waals surface area contributed by atoms with E-state index in [-0.39, 0.29) is 6.61 Å². The number of aliphatic hydroxyl groups is 1. The molecule has 0 amide bonds. The SMILES string of the molecule is Cc1cnc(COc2cc(CCCCO)nc3ccnn23)cn1. The lowest BCUT2D eigenvalue weighted by atomic mass is 10.2. The lowest BCUT2D eigenvalue weighted by Crippen LogP contribution is -2.06. The van der Waals surface area contributed by atoms with E-state index in [2.05, 4.69) is 20.1 Å². The van der Waals surface area contributed by atoms with Gasteiger partial charge in [-0.2, -0.15) is 9.61 Å². The second kappa shape index (κ2) is 7.15. The molecule has 23 heavy (non-hydrogen) atoms. The van der Waals surface area contributed by atoms with Crippen molar-refractivity contribution in [3.8, 4) is 5.88 Å². The first-order valence-corrected chi connectivity index (χ1v) is 7.61. The molecule has 0 atom stereocenters. The molecule has 0 saturated carbocycles. The van der Waals surface area contributed by atoms with Gasteiger partial charge in [0.15, 0.2) is 5.65 Å². The van der Waals surface area contributed by atoms with Crippen molar-refractivity contribution in [1.82, 2.24) is 24.6 Å². The Kier molecular flexibility index (Phi) is 4.77. The number of ether oxygens (including phenoxy) is 1. The number of hydrogen-bond acceptors (Lipinski definition) is 6. The Morgan fingerprint density at radius 3 is 2.87 bits per heavy atom. The molecule has 0 radical (unpaired) electrons. The van der Waals surface area contributed by atoms with E-state index in [1.54, 1.807) is 23.1 Å². The highest BCUT2D eigenvalue weighted by atomic mass is 16.5. The van der Waals surface area contributed by atoms with Gasteiger partial charge in [0.1, 0.15) is 6.61 Å². The van der Waals surface area contributed by atoms with E-state index in [9.17, 15) is 0 Å². The number of nitrogens with zero attached hydrogens (tertiary/aromatic N) is 5. The zero-order valence-electron chi connectivity index (χ0n) is 13.0. The molecule has 3 heterocycles. The van der Waals surface area contributed by atoms with Crippen LogP contribution in [0.4, 0.5) is 0 Å². The lowest BCUT2D eigenvalue weighted by molar-refractivity contribution is 0.279. The number of aryl methyl sites for hydroxylation is 2. The van der Waals surface area contributed by atoms with Gasteiger partial charge in [0.05, 0.1) is 23.8 Å². The molecule has 0 aliphatic heterocycles. The molecule has 3 aromatic rings. The Labute approximate surface area is 134 Å². The third-order valence-corrected chi connectivity index (χ3v) is 3.42. The number of unbranched alkanes of at least 4 members (excludes halogenated alkanes) is 1. The second-order valence-electron chi connectivity index (χ2n) is 5.31. The first-order valence-electron chi connectivity index (χ1n) is 7.61. The molecule has 3 aromatic heterocycles. The molecule has 1 N–H and O–H groups in total. The van der Waals surface area contributed by atoms with Gasteiger partial charge in [0.25, 0.3) is 0 Å². The molecule has 0 unspecified atom stereocenters. The maximum Gasteiger partial charge on any atom is 0.218 e. The molecule has 120 valence electrons. The smallest absolute Gasteiger partial charge is 0.218 e. The summed E-state index contributed by atoms with van der Waals surface area (Å²) in [6.45, 7) is 2.42. The standard InChI is InChI=1S/C16H19N5O2/c1-12-9-18-14(10-17-12)11-23-16-8-13(4-2-3-7-22)20-15-5-6-19-21(15)16/h5-6,8-10,22H,2-4,7,11H2,1H3. The molecular formula is C16H19N5O2. The molecule has 0 bridgehead atoms. The molecule has 0 saturated heterocycles. The Morgan fingerprint density at radius 1 is 1.17 bits per heavy atom. The van der Waals surface area contributed by atoms with Crippen LogP contribution in [-0.2, 0) is 13.0 Å². The Morgan fingerprint density at radius 2 is 2.09 bits per heavy atom. The van der Waals surface area contributed by atoms with Crippen molar-refractivity contribution in [2.45, 2.75) is 32.8 Å². The Bertz CT molecular complexity index is 770. The molecule has 0 aliphatic carbocycles. The van der Waals surface area contributed by atoms with Crippen LogP contribution < -0.4 is 4.74 Å². The fourth-order valence-corrected chi connectivity index (χ4v) is 2.22. The largest absolute Gasteiger partial charge is 0.471 e. The average molecular weight is 313 g/mol. The quantitative estimate of drug-likeness (QED) is 0.669. The van der Waals surface area contributed by atoms with E-state index in [4.69, 9.17) is 9.84 Å². The predicted octanol–water partition coefficient (Wildman–Crippen LogP) is 1.72. The van der Waals surface area contributed by atoms with Crippen LogP contribution in [0.1, 0.15) is 29.9 Å². The summed E-state index contributed by atoms with van der Waals surface area (Å²) in [6, 6.07) is 3.73. The number of hydrogen-bond donors (Lipinski definition) is 1. The van der Waals surface area contributed by atoms with E-state index in [1.165, 1.54) is 0 Å². The molecule has 0 fully saturated rings. The zero-order chi connectivity index (χ0) is 16.1. The van der Waals surface area contributed by atoms with Gasteiger partial charge in [0.2, 0.25) is 5.88 Å². The third-order valence-electron chi connectivity index (χ3n) is 3.42. The summed E-state index contributed by atoms with van der Waals surface area (Å²) < 4.78 is 7.52. The summed E-state index contributed by atoms with van der Waals surface area (Å²) in [6.07, 6.45) is 7.56. The van der Waals surface area contributed by atoms with Gasteiger partial charge in [-0.1, -0.05) is 0 Å². The van der Waals surface area contributed by atoms with E-state index in [0.717, 1.165) is 42.0 Å². The van der Waals surface area contributed by atoms with Gasteiger partial charge in [-0.3, -0.25) is 9.97 Å². The molecule has 0 aromatic carbocycles. The molecule has 0 aliphatic rings. The minimum atomic E-state index is 0.199. The minimum absolute atomic E-state index is 0.199. The van der Waals surface area contributed by atoms with E-state index < -0.39 is 0 Å². The van der Waals surface area contributed by atoms with Gasteiger partial charge in [0, 0.05) is 30.6 Å². The highest BCUT2D eigenvalue weighted by Crippen LogP contribution is 2.17. The van der Waals surface area contributed by atoms with Crippen LogP contribution in [0.15, 0.2) is 30.7 Å². The third kappa shape index (κ3) is 3.81. The summed E-state index contributed by atoms with van der Waals surface area (Å²) in [5.74, 6) is 0.626. The predicted molar refractivity (Wildman–Crippen MR) is 84.1 cm³/mol. The molecule has 0 spiro atoms. The monoisotopic (exact) mass is 313 g/mol. The van der Waals surface area contributed by atoms with Gasteiger partial charge < -0.3 is 9.84 Å². The summed E-state index contributed by atoms with van der Waals surface area (Å²) >= 11 is 0. The minimum Gasteiger partial charge on any atom is -0.471 e. The summed E-state index contributed by atoms with van der Waals surface area (Å²) in [7, 11) is 0. The maximum absolute atomic E-state index is 8.90. The topological polar surface area (TPSA) is 85.4 Å². The van der Waals surface area contributed by atoms with Crippen LogP contribution in [0.25, 0.3) is 5.65 Å². The van der Waals surface area contributed by atoms with Gasteiger partial charge in [-0.05, 0) is 26.2 Å². The second-order valence-corrected chi connectivity index (χ2v) is 5.31. The van der Waals surface area contributed by atoms with Crippen LogP contribution in [0.5, 0.6) is 5.88 Å². The first-order chi connectivity index (χ1) is 11.3. The van der Waals surface area contributed by atoms with Crippen LogP contribution in [0, 0.1) is 6.92 Å². The highest BCUT2D eigenvalue weighted by Gasteiger charge is 2.08. The number of aliphatic hydroxyl groups excluding tert-OH is 1. The number of aromatic nitrogens is 5. The first kappa shape index (κ1) is 15.4. The van der Waals surface area contributed by atoms with Gasteiger partial charge in [-0.25, -0.2) is 4.98 Å². The Balaban J connectivity index is 1.77. The highest BCUT2D eigenvalue weighted by molar-refractivity contribution is 5.41. The Hall–Kier alpha value is -2.54. The van der Waals surface area contributed by atoms with E-state index >= 15 is 0 Å². The summed E-state index contributed by atoms with van der Waals surface area (Å²) in [5.41, 5.74) is 3.31. The van der Waals surface area contributed by atoms with Crippen LogP contribution >= 0.6 is 0 Å². The normalized spacial score (nSPS) is 11.0. The lowest BCUT2D eigenvalue weighted by Gasteiger charge is -2.09. The van der Waals surface area contributed by atoms with Crippen molar-refractivity contribution < 1.29 is 9.84 Å².